The van der Waals surface area contributed by atoms with Gasteiger partial charge in [-0.25, -0.2) is 0 Å². The number of hydrogen-bond acceptors (Lipinski definition) is 1. The first kappa shape index (κ1) is 24.7. The van der Waals surface area contributed by atoms with Gasteiger partial charge in [-0.15, -0.1) is 0 Å². The molecule has 0 aromatic carbocycles. The van der Waals surface area contributed by atoms with E-state index in [1.807, 2.05) is 0 Å². The van der Waals surface area contributed by atoms with Crippen molar-refractivity contribution < 1.29 is 9.90 Å². The largest absolute Gasteiger partial charge is 0.481 e. The van der Waals surface area contributed by atoms with Gasteiger partial charge >= 0.3 is 5.97 Å². The zero-order chi connectivity index (χ0) is 19.1. The van der Waals surface area contributed by atoms with Crippen LogP contribution >= 0.6 is 0 Å². The lowest BCUT2D eigenvalue weighted by Crippen LogP contribution is -1.93. The zero-order valence-corrected chi connectivity index (χ0v) is 17.1. The van der Waals surface area contributed by atoms with Crippen LogP contribution in [0.5, 0.6) is 0 Å². The number of unbranched alkanes of at least 4 members (excludes halogenated alkanes) is 11. The first-order valence-corrected chi connectivity index (χ1v) is 10.9. The average Bonchev–Trinajstić information content (AvgIpc) is 2.62. The molecule has 0 heterocycles. The van der Waals surface area contributed by atoms with Crippen molar-refractivity contribution in [3.63, 3.8) is 0 Å². The van der Waals surface area contributed by atoms with Crippen molar-refractivity contribution in [3.8, 4) is 0 Å². The van der Waals surface area contributed by atoms with Crippen molar-refractivity contribution in [2.45, 2.75) is 110 Å². The highest BCUT2D eigenvalue weighted by Crippen LogP contribution is 2.11. The molecule has 2 heteroatoms. The van der Waals surface area contributed by atoms with Crippen LogP contribution in [0.25, 0.3) is 0 Å². The summed E-state index contributed by atoms with van der Waals surface area (Å²) < 4.78 is 0. The van der Waals surface area contributed by atoms with Crippen LogP contribution in [0.4, 0.5) is 0 Å². The van der Waals surface area contributed by atoms with E-state index < -0.39 is 5.97 Å². The van der Waals surface area contributed by atoms with Crippen molar-refractivity contribution >= 4 is 5.97 Å². The Morgan fingerprint density at radius 1 is 0.615 bits per heavy atom. The maximum Gasteiger partial charge on any atom is 0.303 e. The van der Waals surface area contributed by atoms with Gasteiger partial charge in [0.25, 0.3) is 0 Å². The Labute approximate surface area is 162 Å². The van der Waals surface area contributed by atoms with Crippen molar-refractivity contribution in [3.05, 3.63) is 36.5 Å². The fourth-order valence-electron chi connectivity index (χ4n) is 2.89. The van der Waals surface area contributed by atoms with E-state index in [9.17, 15) is 4.79 Å². The topological polar surface area (TPSA) is 37.3 Å². The van der Waals surface area contributed by atoms with Gasteiger partial charge in [-0.1, -0.05) is 94.7 Å². The summed E-state index contributed by atoms with van der Waals surface area (Å²) >= 11 is 0. The van der Waals surface area contributed by atoms with Crippen LogP contribution in [0.15, 0.2) is 36.5 Å². The van der Waals surface area contributed by atoms with Gasteiger partial charge in [0.1, 0.15) is 0 Å². The molecule has 0 rings (SSSR count). The molecule has 0 aliphatic carbocycles. The zero-order valence-electron chi connectivity index (χ0n) is 17.1. The maximum atomic E-state index is 10.4. The second-order valence-corrected chi connectivity index (χ2v) is 7.14. The van der Waals surface area contributed by atoms with E-state index in [-0.39, 0.29) is 0 Å². The summed E-state index contributed by atoms with van der Waals surface area (Å²) in [5, 5.41) is 8.56. The van der Waals surface area contributed by atoms with Crippen LogP contribution in [-0.4, -0.2) is 11.1 Å². The van der Waals surface area contributed by atoms with Gasteiger partial charge < -0.3 is 5.11 Å². The van der Waals surface area contributed by atoms with Crippen molar-refractivity contribution in [1.82, 2.24) is 0 Å². The van der Waals surface area contributed by atoms with E-state index in [1.165, 1.54) is 70.6 Å². The Morgan fingerprint density at radius 3 is 1.54 bits per heavy atom. The first-order valence-electron chi connectivity index (χ1n) is 10.9. The van der Waals surface area contributed by atoms with Crippen LogP contribution in [0.2, 0.25) is 0 Å². The summed E-state index contributed by atoms with van der Waals surface area (Å²) in [6.45, 7) is 2.25. The lowest BCUT2D eigenvalue weighted by Gasteiger charge is -2.00. The number of hydrogen-bond donors (Lipinski definition) is 1. The van der Waals surface area contributed by atoms with Crippen molar-refractivity contribution in [1.29, 1.82) is 0 Å². The molecule has 0 unspecified atom stereocenters. The van der Waals surface area contributed by atoms with E-state index in [2.05, 4.69) is 43.4 Å². The molecule has 0 amide bonds. The molecular weight excluding hydrogens is 320 g/mol. The molecule has 0 aromatic rings. The minimum absolute atomic E-state index is 0.331. The maximum absolute atomic E-state index is 10.4. The first-order chi connectivity index (χ1) is 12.8. The second kappa shape index (κ2) is 21.7. The number of carboxylic acid groups (broad SMARTS) is 1. The molecule has 0 aliphatic rings. The molecule has 2 nitrogen and oxygen atoms in total. The minimum Gasteiger partial charge on any atom is -0.481 e. The number of aliphatic carboxylic acids is 1. The van der Waals surface area contributed by atoms with Gasteiger partial charge in [-0.2, -0.15) is 0 Å². The molecular formula is C24H42O2. The lowest BCUT2D eigenvalue weighted by atomic mass is 10.1. The molecule has 1 N–H and O–H groups in total. The van der Waals surface area contributed by atoms with Gasteiger partial charge in [0.05, 0.1) is 0 Å². The SMILES string of the molecule is CCCCC/C=C\C/C=C\C/C=C\CCCCCCCCCCC(=O)O. The number of rotatable bonds is 19. The molecule has 26 heavy (non-hydrogen) atoms. The van der Waals surface area contributed by atoms with Gasteiger partial charge in [-0.05, 0) is 44.9 Å². The molecule has 0 aromatic heterocycles. The van der Waals surface area contributed by atoms with Gasteiger partial charge in [0.15, 0.2) is 0 Å². The monoisotopic (exact) mass is 362 g/mol. The number of allylic oxidation sites excluding steroid dienone is 6. The van der Waals surface area contributed by atoms with E-state index in [0.717, 1.165) is 25.7 Å². The summed E-state index contributed by atoms with van der Waals surface area (Å²) in [4.78, 5) is 10.4. The van der Waals surface area contributed by atoms with Crippen LogP contribution in [0, 0.1) is 0 Å². The molecule has 0 radical (unpaired) electrons. The van der Waals surface area contributed by atoms with Crippen LogP contribution < -0.4 is 0 Å². The third-order valence-corrected chi connectivity index (χ3v) is 4.53. The lowest BCUT2D eigenvalue weighted by molar-refractivity contribution is -0.137. The summed E-state index contributed by atoms with van der Waals surface area (Å²) in [6.07, 6.45) is 32.1. The molecule has 0 fully saturated rings. The Balaban J connectivity index is 3.23. The third kappa shape index (κ3) is 22.7. The summed E-state index contributed by atoms with van der Waals surface area (Å²) in [6, 6.07) is 0. The minimum atomic E-state index is -0.664. The molecule has 0 bridgehead atoms. The van der Waals surface area contributed by atoms with Gasteiger partial charge in [-0.3, -0.25) is 4.79 Å². The van der Waals surface area contributed by atoms with Crippen LogP contribution in [-0.2, 0) is 4.79 Å². The highest BCUT2D eigenvalue weighted by molar-refractivity contribution is 5.66. The van der Waals surface area contributed by atoms with Gasteiger partial charge in [0, 0.05) is 6.42 Å². The summed E-state index contributed by atoms with van der Waals surface area (Å²) in [5.41, 5.74) is 0. The van der Waals surface area contributed by atoms with Crippen LogP contribution in [0.3, 0.4) is 0 Å². The molecule has 0 spiro atoms. The van der Waals surface area contributed by atoms with Crippen molar-refractivity contribution in [2.75, 3.05) is 0 Å². The fourth-order valence-corrected chi connectivity index (χ4v) is 2.89. The highest BCUT2D eigenvalue weighted by Gasteiger charge is 1.96. The molecule has 150 valence electrons. The molecule has 0 saturated heterocycles. The fraction of sp³-hybridized carbons (Fsp3) is 0.708. The van der Waals surface area contributed by atoms with Crippen LogP contribution in [0.1, 0.15) is 110 Å². The number of carboxylic acids is 1. The molecule has 0 aliphatic heterocycles. The van der Waals surface area contributed by atoms with E-state index >= 15 is 0 Å². The number of carbonyl (C=O) groups is 1. The normalized spacial score (nSPS) is 12.0. The summed E-state index contributed by atoms with van der Waals surface area (Å²) in [5.74, 6) is -0.664. The standard InChI is InChI=1S/C24H42O2/c1-2-3-4-5-6-7-8-9-10-11-12-13-14-15-16-17-18-19-20-21-22-23-24(25)26/h6-7,9-10,12-13H,2-5,8,11,14-23H2,1H3,(H,25,26)/b7-6-,10-9-,13-12-. The van der Waals surface area contributed by atoms with E-state index in [1.54, 1.807) is 0 Å². The highest BCUT2D eigenvalue weighted by atomic mass is 16.4. The van der Waals surface area contributed by atoms with E-state index in [0.29, 0.717) is 6.42 Å². The predicted octanol–water partition coefficient (Wildman–Crippen LogP) is 8.00. The second-order valence-electron chi connectivity index (χ2n) is 7.14. The Bertz CT molecular complexity index is 380. The predicted molar refractivity (Wildman–Crippen MR) is 115 cm³/mol. The van der Waals surface area contributed by atoms with Gasteiger partial charge in [0.2, 0.25) is 0 Å². The van der Waals surface area contributed by atoms with Crippen molar-refractivity contribution in [2.24, 2.45) is 0 Å². The molecule has 0 atom stereocenters. The smallest absolute Gasteiger partial charge is 0.303 e. The van der Waals surface area contributed by atoms with E-state index in [4.69, 9.17) is 5.11 Å². The molecule has 0 saturated carbocycles. The Morgan fingerprint density at radius 2 is 1.04 bits per heavy atom. The summed E-state index contributed by atoms with van der Waals surface area (Å²) in [7, 11) is 0. The Hall–Kier alpha value is -1.31. The third-order valence-electron chi connectivity index (χ3n) is 4.53. The Kier molecular flexibility index (Phi) is 20.6. The quantitative estimate of drug-likeness (QED) is 0.187. The average molecular weight is 363 g/mol.